The third kappa shape index (κ3) is 3.34. The Hall–Kier alpha value is -2.69. The third-order valence-corrected chi connectivity index (χ3v) is 5.70. The van der Waals surface area contributed by atoms with Crippen LogP contribution in [0.15, 0.2) is 42.5 Å². The maximum Gasteiger partial charge on any atom is 0.181 e. The van der Waals surface area contributed by atoms with Crippen LogP contribution in [0.3, 0.4) is 0 Å². The van der Waals surface area contributed by atoms with Crippen LogP contribution in [-0.2, 0) is 5.54 Å². The number of benzene rings is 2. The van der Waals surface area contributed by atoms with E-state index in [-0.39, 0.29) is 5.54 Å². The van der Waals surface area contributed by atoms with Crippen molar-refractivity contribution < 1.29 is 0 Å². The fraction of sp³-hybridized carbons (Fsp3) is 0.409. The lowest BCUT2D eigenvalue weighted by atomic mass is 9.80. The highest BCUT2D eigenvalue weighted by molar-refractivity contribution is 5.53. The normalized spacial score (nSPS) is 16.3. The molecular formula is C22H27N5. The number of aryl methyl sites for hydroxylation is 3. The monoisotopic (exact) mass is 361 g/mol. The van der Waals surface area contributed by atoms with Crippen molar-refractivity contribution in [3.8, 4) is 5.69 Å². The molecule has 1 saturated carbocycles. The maximum atomic E-state index is 4.52. The first kappa shape index (κ1) is 17.7. The largest absolute Gasteiger partial charge is 0.372 e. The van der Waals surface area contributed by atoms with Crippen molar-refractivity contribution in [3.05, 3.63) is 65.0 Å². The van der Waals surface area contributed by atoms with E-state index >= 15 is 0 Å². The molecule has 0 atom stereocenters. The van der Waals surface area contributed by atoms with Crippen LogP contribution in [0.4, 0.5) is 5.69 Å². The molecule has 5 nitrogen and oxygen atoms in total. The van der Waals surface area contributed by atoms with E-state index in [0.717, 1.165) is 30.0 Å². The number of rotatable bonds is 4. The minimum Gasteiger partial charge on any atom is -0.372 e. The van der Waals surface area contributed by atoms with Crippen molar-refractivity contribution >= 4 is 5.69 Å². The van der Waals surface area contributed by atoms with Crippen LogP contribution in [0, 0.1) is 20.8 Å². The SMILES string of the molecule is Cc1ccc(-n2nnnc2C2(Nc3ccccc3C)CCCCC2)c(C)c1. The Labute approximate surface area is 160 Å². The molecule has 1 aliphatic carbocycles. The van der Waals surface area contributed by atoms with E-state index in [4.69, 9.17) is 0 Å². The van der Waals surface area contributed by atoms with E-state index in [0.29, 0.717) is 0 Å². The zero-order valence-electron chi connectivity index (χ0n) is 16.4. The molecule has 2 aromatic carbocycles. The molecule has 27 heavy (non-hydrogen) atoms. The smallest absolute Gasteiger partial charge is 0.181 e. The van der Waals surface area contributed by atoms with Crippen LogP contribution < -0.4 is 5.32 Å². The van der Waals surface area contributed by atoms with E-state index < -0.39 is 0 Å². The number of tetrazole rings is 1. The first-order chi connectivity index (χ1) is 13.1. The maximum absolute atomic E-state index is 4.52. The summed E-state index contributed by atoms with van der Waals surface area (Å²) in [6, 6.07) is 14.9. The molecule has 1 fully saturated rings. The van der Waals surface area contributed by atoms with Crippen molar-refractivity contribution in [1.82, 2.24) is 20.2 Å². The topological polar surface area (TPSA) is 55.6 Å². The minimum atomic E-state index is -0.245. The van der Waals surface area contributed by atoms with Crippen LogP contribution in [0.5, 0.6) is 0 Å². The lowest BCUT2D eigenvalue weighted by Crippen LogP contribution is -2.40. The van der Waals surface area contributed by atoms with Gasteiger partial charge in [0, 0.05) is 5.69 Å². The number of nitrogens with zero attached hydrogens (tertiary/aromatic N) is 4. The summed E-state index contributed by atoms with van der Waals surface area (Å²) in [7, 11) is 0. The average molecular weight is 361 g/mol. The van der Waals surface area contributed by atoms with Gasteiger partial charge in [0.2, 0.25) is 0 Å². The zero-order chi connectivity index (χ0) is 18.9. The molecule has 0 amide bonds. The highest BCUT2D eigenvalue weighted by Gasteiger charge is 2.39. The number of nitrogens with one attached hydrogen (secondary N) is 1. The Morgan fingerprint density at radius 3 is 2.44 bits per heavy atom. The van der Waals surface area contributed by atoms with Gasteiger partial charge in [-0.05, 0) is 67.3 Å². The lowest BCUT2D eigenvalue weighted by Gasteiger charge is -2.38. The van der Waals surface area contributed by atoms with E-state index in [1.54, 1.807) is 0 Å². The molecule has 1 aromatic heterocycles. The Bertz CT molecular complexity index is 937. The molecule has 5 heteroatoms. The second-order valence-corrected chi connectivity index (χ2v) is 7.79. The standard InChI is InChI=1S/C22H27N5/c1-16-11-12-20(18(3)15-16)27-21(24-25-26-27)22(13-7-4-8-14-22)23-19-10-6-5-9-17(19)2/h5-6,9-12,15,23H,4,7-8,13-14H2,1-3H3. The number of hydrogen-bond donors (Lipinski definition) is 1. The van der Waals surface area contributed by atoms with Gasteiger partial charge in [-0.3, -0.25) is 0 Å². The molecule has 0 aliphatic heterocycles. The Balaban J connectivity index is 1.81. The predicted octanol–water partition coefficient (Wildman–Crippen LogP) is 4.86. The second-order valence-electron chi connectivity index (χ2n) is 7.79. The summed E-state index contributed by atoms with van der Waals surface area (Å²) in [6.45, 7) is 6.38. The van der Waals surface area contributed by atoms with Gasteiger partial charge >= 0.3 is 0 Å². The molecule has 4 rings (SSSR count). The summed E-state index contributed by atoms with van der Waals surface area (Å²) in [5.74, 6) is 0.914. The van der Waals surface area contributed by atoms with Crippen LogP contribution in [-0.4, -0.2) is 20.2 Å². The van der Waals surface area contributed by atoms with Crippen LogP contribution in [0.25, 0.3) is 5.69 Å². The number of anilines is 1. The van der Waals surface area contributed by atoms with Crippen molar-refractivity contribution in [1.29, 1.82) is 0 Å². The first-order valence-electron chi connectivity index (χ1n) is 9.79. The molecule has 0 spiro atoms. The van der Waals surface area contributed by atoms with Gasteiger partial charge in [-0.2, -0.15) is 4.68 Å². The van der Waals surface area contributed by atoms with E-state index in [9.17, 15) is 0 Å². The van der Waals surface area contributed by atoms with Crippen LogP contribution >= 0.6 is 0 Å². The van der Waals surface area contributed by atoms with E-state index in [1.165, 1.54) is 36.0 Å². The molecule has 140 valence electrons. The fourth-order valence-electron chi connectivity index (χ4n) is 4.22. The Morgan fingerprint density at radius 2 is 1.70 bits per heavy atom. The van der Waals surface area contributed by atoms with Gasteiger partial charge in [-0.25, -0.2) is 0 Å². The van der Waals surface area contributed by atoms with Crippen molar-refractivity contribution in [2.45, 2.75) is 58.4 Å². The van der Waals surface area contributed by atoms with Crippen molar-refractivity contribution in [2.24, 2.45) is 0 Å². The quantitative estimate of drug-likeness (QED) is 0.721. The number of aromatic nitrogens is 4. The van der Waals surface area contributed by atoms with E-state index in [2.05, 4.69) is 84.1 Å². The van der Waals surface area contributed by atoms with Gasteiger partial charge in [0.15, 0.2) is 5.82 Å². The second kappa shape index (κ2) is 7.14. The van der Waals surface area contributed by atoms with Gasteiger partial charge in [-0.15, -0.1) is 5.10 Å². The highest BCUT2D eigenvalue weighted by atomic mass is 15.6. The summed E-state index contributed by atoms with van der Waals surface area (Å²) in [4.78, 5) is 0. The van der Waals surface area contributed by atoms with Crippen molar-refractivity contribution in [3.63, 3.8) is 0 Å². The molecular weight excluding hydrogens is 334 g/mol. The molecule has 0 radical (unpaired) electrons. The lowest BCUT2D eigenvalue weighted by molar-refractivity contribution is 0.309. The third-order valence-electron chi connectivity index (χ3n) is 5.70. The average Bonchev–Trinajstić information content (AvgIpc) is 3.15. The first-order valence-corrected chi connectivity index (χ1v) is 9.79. The van der Waals surface area contributed by atoms with Gasteiger partial charge in [0.25, 0.3) is 0 Å². The molecule has 0 unspecified atom stereocenters. The molecule has 1 N–H and O–H groups in total. The minimum absolute atomic E-state index is 0.245. The van der Waals surface area contributed by atoms with Gasteiger partial charge in [-0.1, -0.05) is 55.2 Å². The summed E-state index contributed by atoms with van der Waals surface area (Å²) in [5, 5.41) is 16.8. The van der Waals surface area contributed by atoms with Crippen LogP contribution in [0.1, 0.15) is 54.6 Å². The van der Waals surface area contributed by atoms with Gasteiger partial charge < -0.3 is 5.32 Å². The van der Waals surface area contributed by atoms with Gasteiger partial charge in [0.1, 0.15) is 0 Å². The summed E-state index contributed by atoms with van der Waals surface area (Å²) in [6.07, 6.45) is 5.69. The fourth-order valence-corrected chi connectivity index (χ4v) is 4.22. The Morgan fingerprint density at radius 1 is 0.926 bits per heavy atom. The van der Waals surface area contributed by atoms with Crippen molar-refractivity contribution in [2.75, 3.05) is 5.32 Å². The Kier molecular flexibility index (Phi) is 4.68. The molecule has 0 bridgehead atoms. The molecule has 1 heterocycles. The van der Waals surface area contributed by atoms with E-state index in [1.807, 2.05) is 4.68 Å². The zero-order valence-corrected chi connectivity index (χ0v) is 16.4. The highest BCUT2D eigenvalue weighted by Crippen LogP contribution is 2.40. The molecule has 3 aromatic rings. The summed E-state index contributed by atoms with van der Waals surface area (Å²) in [5.41, 5.74) is 5.65. The number of hydrogen-bond acceptors (Lipinski definition) is 4. The predicted molar refractivity (Wildman–Crippen MR) is 108 cm³/mol. The summed E-state index contributed by atoms with van der Waals surface area (Å²) >= 11 is 0. The van der Waals surface area contributed by atoms with Gasteiger partial charge in [0.05, 0.1) is 11.2 Å². The molecule has 1 aliphatic rings. The molecule has 0 saturated heterocycles. The van der Waals surface area contributed by atoms with Crippen LogP contribution in [0.2, 0.25) is 0 Å². The summed E-state index contributed by atoms with van der Waals surface area (Å²) < 4.78 is 1.94. The number of para-hydroxylation sites is 1.